The highest BCUT2D eigenvalue weighted by Gasteiger charge is 2.35. The molecule has 1 N–H and O–H groups in total. The standard InChI is InChI=1S/C25H31N3O3/c29-25-22-7-2-8-24(23(22)17-28(25)21-6-3-9-26-15-21)31-18-20-5-1-4-19(14-20)16-27-10-12-30-13-11-27/h1-2,4-5,7-8,14,21,26H,3,6,9-13,15-18H2. The van der Waals surface area contributed by atoms with Crippen LogP contribution in [0.15, 0.2) is 42.5 Å². The van der Waals surface area contributed by atoms with Crippen LogP contribution < -0.4 is 10.1 Å². The molecule has 0 aromatic heterocycles. The second-order valence-corrected chi connectivity index (χ2v) is 8.71. The predicted octanol–water partition coefficient (Wildman–Crippen LogP) is 2.81. The molecule has 0 aliphatic carbocycles. The number of benzene rings is 2. The number of piperidine rings is 1. The van der Waals surface area contributed by atoms with Gasteiger partial charge in [-0.1, -0.05) is 30.3 Å². The molecular formula is C25H31N3O3. The molecule has 0 saturated carbocycles. The minimum atomic E-state index is 0.140. The van der Waals surface area contributed by atoms with Gasteiger partial charge in [0.15, 0.2) is 0 Å². The summed E-state index contributed by atoms with van der Waals surface area (Å²) >= 11 is 0. The third kappa shape index (κ3) is 4.61. The van der Waals surface area contributed by atoms with Crippen molar-refractivity contribution in [2.24, 2.45) is 0 Å². The van der Waals surface area contributed by atoms with Gasteiger partial charge in [-0.15, -0.1) is 0 Å². The third-order valence-corrected chi connectivity index (χ3v) is 6.56. The van der Waals surface area contributed by atoms with E-state index >= 15 is 0 Å². The van der Waals surface area contributed by atoms with Crippen LogP contribution in [0.5, 0.6) is 5.75 Å². The molecule has 2 saturated heterocycles. The number of carbonyl (C=O) groups excluding carboxylic acids is 1. The van der Waals surface area contributed by atoms with Gasteiger partial charge in [0, 0.05) is 43.3 Å². The van der Waals surface area contributed by atoms with Crippen LogP contribution in [0.1, 0.15) is 39.9 Å². The Labute approximate surface area is 184 Å². The van der Waals surface area contributed by atoms with Crippen molar-refractivity contribution >= 4 is 5.91 Å². The van der Waals surface area contributed by atoms with Crippen molar-refractivity contribution < 1.29 is 14.3 Å². The molecule has 2 aromatic rings. The lowest BCUT2D eigenvalue weighted by Gasteiger charge is -2.31. The quantitative estimate of drug-likeness (QED) is 0.777. The largest absolute Gasteiger partial charge is 0.489 e. The van der Waals surface area contributed by atoms with E-state index in [1.165, 1.54) is 5.56 Å². The van der Waals surface area contributed by atoms with Crippen LogP contribution in [0, 0.1) is 0 Å². The van der Waals surface area contributed by atoms with Crippen LogP contribution in [0.3, 0.4) is 0 Å². The Morgan fingerprint density at radius 2 is 1.94 bits per heavy atom. The maximum Gasteiger partial charge on any atom is 0.254 e. The topological polar surface area (TPSA) is 54.0 Å². The monoisotopic (exact) mass is 421 g/mol. The highest BCUT2D eigenvalue weighted by Crippen LogP contribution is 2.33. The van der Waals surface area contributed by atoms with Gasteiger partial charge in [-0.3, -0.25) is 9.69 Å². The smallest absolute Gasteiger partial charge is 0.254 e. The summed E-state index contributed by atoms with van der Waals surface area (Å²) in [5.74, 6) is 0.970. The molecule has 1 atom stereocenters. The van der Waals surface area contributed by atoms with E-state index in [1.54, 1.807) is 0 Å². The van der Waals surface area contributed by atoms with Gasteiger partial charge in [0.1, 0.15) is 12.4 Å². The molecule has 3 aliphatic rings. The number of fused-ring (bicyclic) bond motifs is 1. The van der Waals surface area contributed by atoms with Gasteiger partial charge in [0.05, 0.1) is 19.8 Å². The number of amides is 1. The number of nitrogens with one attached hydrogen (secondary N) is 1. The fraction of sp³-hybridized carbons (Fsp3) is 0.480. The van der Waals surface area contributed by atoms with E-state index in [0.29, 0.717) is 13.2 Å². The summed E-state index contributed by atoms with van der Waals surface area (Å²) in [7, 11) is 0. The van der Waals surface area contributed by atoms with Gasteiger partial charge in [-0.2, -0.15) is 0 Å². The highest BCUT2D eigenvalue weighted by molar-refractivity contribution is 5.99. The number of rotatable bonds is 6. The first-order valence-electron chi connectivity index (χ1n) is 11.4. The first-order valence-corrected chi connectivity index (χ1v) is 11.4. The normalized spacial score (nSPS) is 21.9. The number of hydrogen-bond acceptors (Lipinski definition) is 5. The van der Waals surface area contributed by atoms with E-state index in [1.807, 2.05) is 23.1 Å². The number of morpholine rings is 1. The Kier molecular flexibility index (Phi) is 6.20. The van der Waals surface area contributed by atoms with E-state index in [-0.39, 0.29) is 11.9 Å². The summed E-state index contributed by atoms with van der Waals surface area (Å²) in [5, 5.41) is 3.42. The number of carbonyl (C=O) groups is 1. The second-order valence-electron chi connectivity index (χ2n) is 8.71. The lowest BCUT2D eigenvalue weighted by atomic mass is 10.1. The van der Waals surface area contributed by atoms with Crippen LogP contribution in [-0.4, -0.2) is 61.1 Å². The fourth-order valence-corrected chi connectivity index (χ4v) is 4.85. The molecule has 0 bridgehead atoms. The molecule has 3 aliphatic heterocycles. The van der Waals surface area contributed by atoms with Crippen LogP contribution in [0.4, 0.5) is 0 Å². The van der Waals surface area contributed by atoms with Crippen LogP contribution in [-0.2, 0) is 24.4 Å². The molecular weight excluding hydrogens is 390 g/mol. The van der Waals surface area contributed by atoms with Crippen molar-refractivity contribution in [3.63, 3.8) is 0 Å². The summed E-state index contributed by atoms with van der Waals surface area (Å²) in [6.45, 7) is 7.62. The van der Waals surface area contributed by atoms with Gasteiger partial charge in [0.25, 0.3) is 5.91 Å². The van der Waals surface area contributed by atoms with Crippen molar-refractivity contribution in [3.8, 4) is 5.75 Å². The zero-order valence-electron chi connectivity index (χ0n) is 18.0. The lowest BCUT2D eigenvalue weighted by molar-refractivity contribution is 0.0342. The molecule has 6 nitrogen and oxygen atoms in total. The molecule has 1 unspecified atom stereocenters. The van der Waals surface area contributed by atoms with E-state index < -0.39 is 0 Å². The van der Waals surface area contributed by atoms with Crippen molar-refractivity contribution in [2.45, 2.75) is 38.6 Å². The average molecular weight is 422 g/mol. The lowest BCUT2D eigenvalue weighted by Crippen LogP contribution is -2.46. The first-order chi connectivity index (χ1) is 15.3. The van der Waals surface area contributed by atoms with Crippen LogP contribution >= 0.6 is 0 Å². The number of ether oxygens (including phenoxy) is 2. The molecule has 2 aromatic carbocycles. The molecule has 2 fully saturated rings. The number of nitrogens with zero attached hydrogens (tertiary/aromatic N) is 2. The molecule has 6 heteroatoms. The molecule has 5 rings (SSSR count). The summed E-state index contributed by atoms with van der Waals surface area (Å²) in [4.78, 5) is 17.4. The zero-order chi connectivity index (χ0) is 21.0. The van der Waals surface area contributed by atoms with Gasteiger partial charge < -0.3 is 19.7 Å². The molecule has 0 spiro atoms. The van der Waals surface area contributed by atoms with E-state index in [0.717, 1.165) is 81.2 Å². The minimum Gasteiger partial charge on any atom is -0.489 e. The van der Waals surface area contributed by atoms with Gasteiger partial charge in [0.2, 0.25) is 0 Å². The maximum absolute atomic E-state index is 13.0. The third-order valence-electron chi connectivity index (χ3n) is 6.56. The van der Waals surface area contributed by atoms with Crippen molar-refractivity contribution in [3.05, 3.63) is 64.7 Å². The minimum absolute atomic E-state index is 0.140. The van der Waals surface area contributed by atoms with Crippen molar-refractivity contribution in [1.82, 2.24) is 15.1 Å². The second kappa shape index (κ2) is 9.39. The Morgan fingerprint density at radius 3 is 2.77 bits per heavy atom. The number of hydrogen-bond donors (Lipinski definition) is 1. The molecule has 31 heavy (non-hydrogen) atoms. The molecule has 1 amide bonds. The van der Waals surface area contributed by atoms with Crippen molar-refractivity contribution in [1.29, 1.82) is 0 Å². The van der Waals surface area contributed by atoms with Crippen molar-refractivity contribution in [2.75, 3.05) is 39.4 Å². The van der Waals surface area contributed by atoms with Gasteiger partial charge in [-0.05, 0) is 42.6 Å². The Bertz CT molecular complexity index is 920. The van der Waals surface area contributed by atoms with Crippen LogP contribution in [0.25, 0.3) is 0 Å². The Balaban J connectivity index is 1.25. The Hall–Kier alpha value is -2.41. The molecule has 3 heterocycles. The summed E-state index contributed by atoms with van der Waals surface area (Å²) in [6, 6.07) is 14.7. The Morgan fingerprint density at radius 1 is 1.10 bits per heavy atom. The highest BCUT2D eigenvalue weighted by atomic mass is 16.5. The van der Waals surface area contributed by atoms with E-state index in [2.05, 4.69) is 34.5 Å². The maximum atomic E-state index is 13.0. The molecule has 164 valence electrons. The zero-order valence-corrected chi connectivity index (χ0v) is 18.0. The predicted molar refractivity (Wildman–Crippen MR) is 119 cm³/mol. The van der Waals surface area contributed by atoms with Gasteiger partial charge >= 0.3 is 0 Å². The summed E-state index contributed by atoms with van der Waals surface area (Å²) < 4.78 is 11.7. The summed E-state index contributed by atoms with van der Waals surface area (Å²) in [5.41, 5.74) is 4.28. The SMILES string of the molecule is O=C1c2cccc(OCc3cccc(CN4CCOCC4)c3)c2CN1C1CCCNC1. The summed E-state index contributed by atoms with van der Waals surface area (Å²) in [6.07, 6.45) is 2.19. The van der Waals surface area contributed by atoms with E-state index in [4.69, 9.17) is 9.47 Å². The fourth-order valence-electron chi connectivity index (χ4n) is 4.85. The van der Waals surface area contributed by atoms with Gasteiger partial charge in [-0.25, -0.2) is 0 Å². The van der Waals surface area contributed by atoms with Crippen LogP contribution in [0.2, 0.25) is 0 Å². The average Bonchev–Trinajstić information content (AvgIpc) is 3.16. The molecule has 0 radical (unpaired) electrons. The van der Waals surface area contributed by atoms with E-state index in [9.17, 15) is 4.79 Å². The first kappa shape index (κ1) is 20.5.